The van der Waals surface area contributed by atoms with Crippen LogP contribution in [-0.4, -0.2) is 11.5 Å². The van der Waals surface area contributed by atoms with Crippen LogP contribution >= 0.6 is 0 Å². The summed E-state index contributed by atoms with van der Waals surface area (Å²) < 4.78 is 18.4. The number of nitrogens with zero attached hydrogens (tertiary/aromatic N) is 1. The van der Waals surface area contributed by atoms with E-state index in [1.54, 1.807) is 24.3 Å². The van der Waals surface area contributed by atoms with Crippen molar-refractivity contribution in [2.24, 2.45) is 0 Å². The molecule has 0 bridgehead atoms. The Morgan fingerprint density at radius 3 is 2.74 bits per heavy atom. The van der Waals surface area contributed by atoms with Crippen LogP contribution in [0, 0.1) is 15.9 Å². The van der Waals surface area contributed by atoms with Crippen molar-refractivity contribution in [2.75, 3.05) is 6.61 Å². The van der Waals surface area contributed by atoms with Crippen molar-refractivity contribution < 1.29 is 14.1 Å². The summed E-state index contributed by atoms with van der Waals surface area (Å²) in [6, 6.07) is 10.5. The molecule has 0 spiro atoms. The summed E-state index contributed by atoms with van der Waals surface area (Å²) in [6.45, 7) is 2.36. The fourth-order valence-electron chi connectivity index (χ4n) is 1.82. The Balaban J connectivity index is 2.52. The first-order valence-electron chi connectivity index (χ1n) is 5.79. The minimum absolute atomic E-state index is 0.256. The zero-order valence-electron chi connectivity index (χ0n) is 10.3. The Morgan fingerprint density at radius 1 is 1.26 bits per heavy atom. The zero-order chi connectivity index (χ0) is 13.8. The van der Waals surface area contributed by atoms with Gasteiger partial charge in [0, 0.05) is 0 Å². The molecule has 2 rings (SSSR count). The minimum atomic E-state index is -0.628. The SMILES string of the molecule is CCOc1cccc(-c2ccc(F)cc2[N+](=O)[O-])c1. The van der Waals surface area contributed by atoms with Gasteiger partial charge in [-0.2, -0.15) is 0 Å². The minimum Gasteiger partial charge on any atom is -0.494 e. The Hall–Kier alpha value is -2.43. The number of halogens is 1. The maximum atomic E-state index is 13.1. The van der Waals surface area contributed by atoms with E-state index in [2.05, 4.69) is 0 Å². The lowest BCUT2D eigenvalue weighted by Gasteiger charge is -2.07. The molecule has 5 heteroatoms. The largest absolute Gasteiger partial charge is 0.494 e. The molecule has 0 aliphatic heterocycles. The molecule has 0 aliphatic rings. The Labute approximate surface area is 109 Å². The van der Waals surface area contributed by atoms with Gasteiger partial charge in [-0.15, -0.1) is 0 Å². The highest BCUT2D eigenvalue weighted by Gasteiger charge is 2.16. The lowest BCUT2D eigenvalue weighted by atomic mass is 10.0. The summed E-state index contributed by atoms with van der Waals surface area (Å²) in [6.07, 6.45) is 0. The van der Waals surface area contributed by atoms with Gasteiger partial charge in [0.2, 0.25) is 0 Å². The molecule has 0 atom stereocenters. The zero-order valence-corrected chi connectivity index (χ0v) is 10.3. The molecule has 0 fully saturated rings. The maximum Gasteiger partial charge on any atom is 0.280 e. The molecule has 98 valence electrons. The summed E-state index contributed by atoms with van der Waals surface area (Å²) in [5.41, 5.74) is 0.735. The summed E-state index contributed by atoms with van der Waals surface area (Å²) in [5, 5.41) is 11.0. The normalized spacial score (nSPS) is 10.2. The van der Waals surface area contributed by atoms with Crippen molar-refractivity contribution in [3.8, 4) is 16.9 Å². The van der Waals surface area contributed by atoms with Gasteiger partial charge in [0.1, 0.15) is 11.6 Å². The van der Waals surface area contributed by atoms with Gasteiger partial charge >= 0.3 is 0 Å². The molecule has 4 nitrogen and oxygen atoms in total. The lowest BCUT2D eigenvalue weighted by molar-refractivity contribution is -0.384. The number of benzene rings is 2. The van der Waals surface area contributed by atoms with Gasteiger partial charge in [-0.3, -0.25) is 10.1 Å². The van der Waals surface area contributed by atoms with Gasteiger partial charge in [0.15, 0.2) is 0 Å². The van der Waals surface area contributed by atoms with Crippen molar-refractivity contribution in [1.29, 1.82) is 0 Å². The molecule has 0 amide bonds. The third-order valence-electron chi connectivity index (χ3n) is 2.61. The van der Waals surface area contributed by atoms with Crippen LogP contribution in [0.5, 0.6) is 5.75 Å². The van der Waals surface area contributed by atoms with Crippen LogP contribution in [0.1, 0.15) is 6.92 Å². The topological polar surface area (TPSA) is 52.4 Å². The first kappa shape index (κ1) is 13.0. The Morgan fingerprint density at radius 2 is 2.05 bits per heavy atom. The van der Waals surface area contributed by atoms with Gasteiger partial charge in [0.05, 0.1) is 23.2 Å². The summed E-state index contributed by atoms with van der Waals surface area (Å²) in [4.78, 5) is 10.4. The van der Waals surface area contributed by atoms with Crippen LogP contribution < -0.4 is 4.74 Å². The van der Waals surface area contributed by atoms with E-state index >= 15 is 0 Å². The van der Waals surface area contributed by atoms with E-state index in [0.717, 1.165) is 6.07 Å². The first-order valence-corrected chi connectivity index (χ1v) is 5.79. The number of rotatable bonds is 4. The highest BCUT2D eigenvalue weighted by Crippen LogP contribution is 2.32. The van der Waals surface area contributed by atoms with Crippen LogP contribution in [-0.2, 0) is 0 Å². The molecule has 0 unspecified atom stereocenters. The van der Waals surface area contributed by atoms with Gasteiger partial charge in [-0.25, -0.2) is 4.39 Å². The van der Waals surface area contributed by atoms with Crippen molar-refractivity contribution in [3.05, 3.63) is 58.4 Å². The van der Waals surface area contributed by atoms with Gasteiger partial charge in [-0.05, 0) is 36.8 Å². The van der Waals surface area contributed by atoms with Crippen molar-refractivity contribution in [2.45, 2.75) is 6.92 Å². The third-order valence-corrected chi connectivity index (χ3v) is 2.61. The van der Waals surface area contributed by atoms with Crippen LogP contribution in [0.25, 0.3) is 11.1 Å². The lowest BCUT2D eigenvalue weighted by Crippen LogP contribution is -1.94. The monoisotopic (exact) mass is 261 g/mol. The fraction of sp³-hybridized carbons (Fsp3) is 0.143. The second-order valence-electron chi connectivity index (χ2n) is 3.88. The third kappa shape index (κ3) is 2.88. The maximum absolute atomic E-state index is 13.1. The summed E-state index contributed by atoms with van der Waals surface area (Å²) in [5.74, 6) is -0.00460. The predicted octanol–water partition coefficient (Wildman–Crippen LogP) is 3.80. The highest BCUT2D eigenvalue weighted by atomic mass is 19.1. The van der Waals surface area contributed by atoms with E-state index in [4.69, 9.17) is 4.74 Å². The van der Waals surface area contributed by atoms with E-state index in [-0.39, 0.29) is 5.69 Å². The molecule has 0 N–H and O–H groups in total. The molecule has 0 heterocycles. The average Bonchev–Trinajstić information content (AvgIpc) is 2.39. The van der Waals surface area contributed by atoms with Crippen molar-refractivity contribution >= 4 is 5.69 Å². The smallest absolute Gasteiger partial charge is 0.280 e. The Bertz CT molecular complexity index is 613. The van der Waals surface area contributed by atoms with E-state index < -0.39 is 10.7 Å². The van der Waals surface area contributed by atoms with E-state index in [1.165, 1.54) is 12.1 Å². The number of nitro benzene ring substituents is 1. The van der Waals surface area contributed by atoms with Crippen molar-refractivity contribution in [3.63, 3.8) is 0 Å². The van der Waals surface area contributed by atoms with Gasteiger partial charge in [0.25, 0.3) is 5.69 Å². The highest BCUT2D eigenvalue weighted by molar-refractivity contribution is 5.74. The molecular weight excluding hydrogens is 249 g/mol. The van der Waals surface area contributed by atoms with E-state index in [1.807, 2.05) is 6.92 Å². The fourth-order valence-corrected chi connectivity index (χ4v) is 1.82. The second-order valence-corrected chi connectivity index (χ2v) is 3.88. The van der Waals surface area contributed by atoms with E-state index in [9.17, 15) is 14.5 Å². The summed E-state index contributed by atoms with van der Waals surface area (Å²) >= 11 is 0. The molecular formula is C14H12FNO3. The van der Waals surface area contributed by atoms with Crippen molar-refractivity contribution in [1.82, 2.24) is 0 Å². The van der Waals surface area contributed by atoms with Crippen LogP contribution in [0.4, 0.5) is 10.1 Å². The number of nitro groups is 1. The number of hydrogen-bond donors (Lipinski definition) is 0. The Kier molecular flexibility index (Phi) is 3.75. The standard InChI is InChI=1S/C14H12FNO3/c1-2-19-12-5-3-4-10(8-12)13-7-6-11(15)9-14(13)16(17)18/h3-9H,2H2,1H3. The molecule has 2 aromatic rings. The number of hydrogen-bond acceptors (Lipinski definition) is 3. The van der Waals surface area contributed by atoms with Crippen LogP contribution in [0.3, 0.4) is 0 Å². The molecule has 0 saturated heterocycles. The quantitative estimate of drug-likeness (QED) is 0.621. The average molecular weight is 261 g/mol. The first-order chi connectivity index (χ1) is 9.11. The van der Waals surface area contributed by atoms with E-state index in [0.29, 0.717) is 23.5 Å². The van der Waals surface area contributed by atoms with Gasteiger partial charge < -0.3 is 4.74 Å². The van der Waals surface area contributed by atoms with Gasteiger partial charge in [-0.1, -0.05) is 12.1 Å². The molecule has 19 heavy (non-hydrogen) atoms. The number of ether oxygens (including phenoxy) is 1. The molecule has 2 aromatic carbocycles. The molecule has 0 aromatic heterocycles. The molecule has 0 aliphatic carbocycles. The van der Waals surface area contributed by atoms with Crippen LogP contribution in [0.2, 0.25) is 0 Å². The van der Waals surface area contributed by atoms with Crippen LogP contribution in [0.15, 0.2) is 42.5 Å². The second kappa shape index (κ2) is 5.48. The predicted molar refractivity (Wildman–Crippen MR) is 69.7 cm³/mol. The summed E-state index contributed by atoms with van der Waals surface area (Å²) in [7, 11) is 0. The molecule has 0 saturated carbocycles. The molecule has 0 radical (unpaired) electrons.